The average Bonchev–Trinajstić information content (AvgIpc) is 3.03. The fraction of sp³-hybridized carbons (Fsp3) is 0.611. The summed E-state index contributed by atoms with van der Waals surface area (Å²) in [5.41, 5.74) is 1.17. The van der Waals surface area contributed by atoms with Crippen molar-refractivity contribution in [2.45, 2.75) is 44.6 Å². The lowest BCUT2D eigenvalue weighted by Crippen LogP contribution is -2.32. The number of hydrogen-bond acceptors (Lipinski definition) is 3. The minimum atomic E-state index is 0. The van der Waals surface area contributed by atoms with Gasteiger partial charge in [-0.25, -0.2) is 0 Å². The predicted octanol–water partition coefficient (Wildman–Crippen LogP) is 3.04. The van der Waals surface area contributed by atoms with Crippen LogP contribution in [0.1, 0.15) is 37.7 Å². The Morgan fingerprint density at radius 1 is 1.35 bits per heavy atom. The van der Waals surface area contributed by atoms with Crippen molar-refractivity contribution in [2.24, 2.45) is 0 Å². The van der Waals surface area contributed by atoms with Gasteiger partial charge < -0.3 is 15.0 Å². The summed E-state index contributed by atoms with van der Waals surface area (Å²) >= 11 is 0. The van der Waals surface area contributed by atoms with Crippen molar-refractivity contribution in [2.75, 3.05) is 27.2 Å². The van der Waals surface area contributed by atoms with Crippen molar-refractivity contribution in [3.05, 3.63) is 29.8 Å². The zero-order valence-corrected chi connectivity index (χ0v) is 15.0. The lowest BCUT2D eigenvalue weighted by Gasteiger charge is -2.17. The molecule has 1 aliphatic rings. The molecule has 0 aromatic heterocycles. The van der Waals surface area contributed by atoms with E-state index in [1.165, 1.54) is 31.2 Å². The third-order valence-corrected chi connectivity index (χ3v) is 4.25. The molecule has 23 heavy (non-hydrogen) atoms. The Kier molecular flexibility index (Phi) is 9.03. The predicted molar refractivity (Wildman–Crippen MR) is 96.5 cm³/mol. The Balaban J connectivity index is 0.00000264. The average molecular weight is 341 g/mol. The molecular formula is C18H29ClN2O2. The maximum absolute atomic E-state index is 12.1. The molecule has 0 radical (unpaired) electrons. The molecule has 0 heterocycles. The monoisotopic (exact) mass is 340 g/mol. The standard InChI is InChI=1S/C18H28N2O2.ClH/c1-19-12-13-20(2)18(21)11-10-15-6-5-9-17(14-15)22-16-7-3-4-8-16;/h5-6,9,14,16,19H,3-4,7-8,10-13H2,1-2H3;1H. The van der Waals surface area contributed by atoms with Gasteiger partial charge in [0, 0.05) is 26.6 Å². The first-order chi connectivity index (χ1) is 10.7. The number of ether oxygens (including phenoxy) is 1. The number of aryl methyl sites for hydroxylation is 1. The van der Waals surface area contributed by atoms with Gasteiger partial charge in [-0.2, -0.15) is 0 Å². The van der Waals surface area contributed by atoms with Gasteiger partial charge in [0.2, 0.25) is 5.91 Å². The minimum Gasteiger partial charge on any atom is -0.490 e. The van der Waals surface area contributed by atoms with Crippen LogP contribution in [-0.4, -0.2) is 44.1 Å². The van der Waals surface area contributed by atoms with E-state index in [2.05, 4.69) is 17.4 Å². The number of halogens is 1. The molecule has 0 saturated heterocycles. The van der Waals surface area contributed by atoms with Gasteiger partial charge in [0.1, 0.15) is 5.75 Å². The molecule has 1 fully saturated rings. The van der Waals surface area contributed by atoms with E-state index < -0.39 is 0 Å². The van der Waals surface area contributed by atoms with Crippen molar-refractivity contribution in [3.63, 3.8) is 0 Å². The quantitative estimate of drug-likeness (QED) is 0.790. The second kappa shape index (κ2) is 10.5. The number of likely N-dealkylation sites (N-methyl/N-ethyl adjacent to an activating group) is 2. The zero-order chi connectivity index (χ0) is 15.8. The molecule has 0 spiro atoms. The van der Waals surface area contributed by atoms with E-state index in [0.29, 0.717) is 12.5 Å². The molecule has 1 saturated carbocycles. The minimum absolute atomic E-state index is 0. The largest absolute Gasteiger partial charge is 0.490 e. The van der Waals surface area contributed by atoms with Crippen LogP contribution in [0.2, 0.25) is 0 Å². The van der Waals surface area contributed by atoms with E-state index in [1.54, 1.807) is 4.90 Å². The van der Waals surface area contributed by atoms with Crippen LogP contribution >= 0.6 is 12.4 Å². The van der Waals surface area contributed by atoms with Crippen LogP contribution in [-0.2, 0) is 11.2 Å². The summed E-state index contributed by atoms with van der Waals surface area (Å²) in [5, 5.41) is 3.06. The van der Waals surface area contributed by atoms with Crippen LogP contribution in [0, 0.1) is 0 Å². The number of amides is 1. The summed E-state index contributed by atoms with van der Waals surface area (Å²) in [6.07, 6.45) is 6.58. The highest BCUT2D eigenvalue weighted by Crippen LogP contribution is 2.24. The van der Waals surface area contributed by atoms with Crippen LogP contribution in [0.5, 0.6) is 5.75 Å². The van der Waals surface area contributed by atoms with E-state index in [9.17, 15) is 4.79 Å². The third-order valence-electron chi connectivity index (χ3n) is 4.25. The summed E-state index contributed by atoms with van der Waals surface area (Å²) in [5.74, 6) is 1.14. The molecule has 1 amide bonds. The topological polar surface area (TPSA) is 41.6 Å². The number of rotatable bonds is 8. The van der Waals surface area contributed by atoms with Crippen molar-refractivity contribution in [3.8, 4) is 5.75 Å². The van der Waals surface area contributed by atoms with Crippen LogP contribution in [0.25, 0.3) is 0 Å². The molecule has 1 aliphatic carbocycles. The Hall–Kier alpha value is -1.26. The van der Waals surface area contributed by atoms with Crippen LogP contribution in [0.15, 0.2) is 24.3 Å². The Morgan fingerprint density at radius 2 is 2.09 bits per heavy atom. The maximum atomic E-state index is 12.1. The summed E-state index contributed by atoms with van der Waals surface area (Å²) in [4.78, 5) is 13.8. The molecule has 0 atom stereocenters. The Morgan fingerprint density at radius 3 is 2.78 bits per heavy atom. The fourth-order valence-corrected chi connectivity index (χ4v) is 2.82. The summed E-state index contributed by atoms with van der Waals surface area (Å²) < 4.78 is 6.02. The number of nitrogens with zero attached hydrogens (tertiary/aromatic N) is 1. The van der Waals surface area contributed by atoms with E-state index >= 15 is 0 Å². The molecule has 1 aromatic carbocycles. The normalized spacial score (nSPS) is 14.3. The lowest BCUT2D eigenvalue weighted by atomic mass is 10.1. The SMILES string of the molecule is CNCCN(C)C(=O)CCc1cccc(OC2CCCC2)c1.Cl. The van der Waals surface area contributed by atoms with Gasteiger partial charge in [0.15, 0.2) is 0 Å². The Bertz CT molecular complexity index is 476. The van der Waals surface area contributed by atoms with Crippen LogP contribution in [0.3, 0.4) is 0 Å². The second-order valence-corrected chi connectivity index (χ2v) is 6.09. The van der Waals surface area contributed by atoms with Gasteiger partial charge >= 0.3 is 0 Å². The summed E-state index contributed by atoms with van der Waals surface area (Å²) in [6, 6.07) is 8.19. The number of nitrogens with one attached hydrogen (secondary N) is 1. The smallest absolute Gasteiger partial charge is 0.222 e. The molecule has 130 valence electrons. The number of carbonyl (C=O) groups is 1. The van der Waals surface area contributed by atoms with Gasteiger partial charge in [-0.05, 0) is 56.8 Å². The number of hydrogen-bond donors (Lipinski definition) is 1. The third kappa shape index (κ3) is 6.80. The van der Waals surface area contributed by atoms with E-state index in [-0.39, 0.29) is 18.3 Å². The lowest BCUT2D eigenvalue weighted by molar-refractivity contribution is -0.129. The van der Waals surface area contributed by atoms with Gasteiger partial charge in [0.05, 0.1) is 6.10 Å². The highest BCUT2D eigenvalue weighted by atomic mass is 35.5. The molecule has 0 unspecified atom stereocenters. The molecule has 2 rings (SSSR count). The zero-order valence-electron chi connectivity index (χ0n) is 14.2. The summed E-state index contributed by atoms with van der Waals surface area (Å²) in [7, 11) is 3.76. The molecule has 0 bridgehead atoms. The Labute approximate surface area is 146 Å². The van der Waals surface area contributed by atoms with E-state index in [4.69, 9.17) is 4.74 Å². The van der Waals surface area contributed by atoms with Gasteiger partial charge in [0.25, 0.3) is 0 Å². The maximum Gasteiger partial charge on any atom is 0.222 e. The van der Waals surface area contributed by atoms with Crippen molar-refractivity contribution in [1.29, 1.82) is 0 Å². The number of carbonyl (C=O) groups excluding carboxylic acids is 1. The first-order valence-corrected chi connectivity index (χ1v) is 8.33. The molecule has 0 aliphatic heterocycles. The highest BCUT2D eigenvalue weighted by molar-refractivity contribution is 5.85. The number of benzene rings is 1. The first kappa shape index (κ1) is 19.8. The highest BCUT2D eigenvalue weighted by Gasteiger charge is 2.16. The van der Waals surface area contributed by atoms with Gasteiger partial charge in [-0.15, -0.1) is 12.4 Å². The molecule has 5 heteroatoms. The molecule has 1 N–H and O–H groups in total. The van der Waals surface area contributed by atoms with Crippen LogP contribution in [0.4, 0.5) is 0 Å². The first-order valence-electron chi connectivity index (χ1n) is 8.33. The van der Waals surface area contributed by atoms with Crippen molar-refractivity contribution >= 4 is 18.3 Å². The van der Waals surface area contributed by atoms with Crippen molar-refractivity contribution in [1.82, 2.24) is 10.2 Å². The fourth-order valence-electron chi connectivity index (χ4n) is 2.82. The molecule has 4 nitrogen and oxygen atoms in total. The van der Waals surface area contributed by atoms with Gasteiger partial charge in [-0.3, -0.25) is 4.79 Å². The summed E-state index contributed by atoms with van der Waals surface area (Å²) in [6.45, 7) is 1.58. The van der Waals surface area contributed by atoms with E-state index in [1.807, 2.05) is 26.2 Å². The van der Waals surface area contributed by atoms with E-state index in [0.717, 1.165) is 25.3 Å². The second-order valence-electron chi connectivity index (χ2n) is 6.09. The van der Waals surface area contributed by atoms with Crippen molar-refractivity contribution < 1.29 is 9.53 Å². The molecule has 1 aromatic rings. The molecular weight excluding hydrogens is 312 g/mol. The van der Waals surface area contributed by atoms with Crippen LogP contribution < -0.4 is 10.1 Å². The van der Waals surface area contributed by atoms with Gasteiger partial charge in [-0.1, -0.05) is 12.1 Å².